The highest BCUT2D eigenvalue weighted by Crippen LogP contribution is 2.41. The molecule has 0 saturated heterocycles. The standard InChI is InChI=1S/C25H25NO3/c1-4-17-14-21-23(24(27)18(17)5-2)22-19(25(28)29-3)12-9-13-20(22)26(21)15-16-10-7-6-8-11-16/h6-14,27H,4-5,15H2,1-3H3. The summed E-state index contributed by atoms with van der Waals surface area (Å²) in [6.45, 7) is 4.80. The lowest BCUT2D eigenvalue weighted by molar-refractivity contribution is 0.0603. The molecule has 4 heteroatoms. The summed E-state index contributed by atoms with van der Waals surface area (Å²) >= 11 is 0. The predicted molar refractivity (Wildman–Crippen MR) is 117 cm³/mol. The molecule has 0 fully saturated rings. The van der Waals surface area contributed by atoms with Crippen molar-refractivity contribution in [2.24, 2.45) is 0 Å². The van der Waals surface area contributed by atoms with Crippen LogP contribution in [0.5, 0.6) is 5.75 Å². The van der Waals surface area contributed by atoms with Crippen molar-refractivity contribution >= 4 is 27.8 Å². The Hall–Kier alpha value is -3.27. The van der Waals surface area contributed by atoms with E-state index in [0.29, 0.717) is 12.1 Å². The average Bonchev–Trinajstić information content (AvgIpc) is 3.07. The zero-order valence-corrected chi connectivity index (χ0v) is 17.0. The first-order chi connectivity index (χ1) is 14.1. The smallest absolute Gasteiger partial charge is 0.338 e. The van der Waals surface area contributed by atoms with Crippen molar-refractivity contribution in [3.8, 4) is 5.75 Å². The van der Waals surface area contributed by atoms with E-state index in [4.69, 9.17) is 4.74 Å². The maximum atomic E-state index is 12.5. The summed E-state index contributed by atoms with van der Waals surface area (Å²) in [6.07, 6.45) is 1.57. The number of benzene rings is 3. The van der Waals surface area contributed by atoms with Crippen LogP contribution in [0.3, 0.4) is 0 Å². The number of aryl methyl sites for hydroxylation is 1. The van der Waals surface area contributed by atoms with Crippen LogP contribution in [-0.4, -0.2) is 22.8 Å². The van der Waals surface area contributed by atoms with E-state index in [1.807, 2.05) is 37.3 Å². The summed E-state index contributed by atoms with van der Waals surface area (Å²) in [5.74, 6) is -0.124. The molecule has 0 bridgehead atoms. The topological polar surface area (TPSA) is 51.5 Å². The van der Waals surface area contributed by atoms with Gasteiger partial charge in [0.15, 0.2) is 0 Å². The quantitative estimate of drug-likeness (QED) is 0.463. The molecule has 0 amide bonds. The zero-order chi connectivity index (χ0) is 20.5. The summed E-state index contributed by atoms with van der Waals surface area (Å²) in [7, 11) is 1.39. The van der Waals surface area contributed by atoms with E-state index in [9.17, 15) is 9.90 Å². The lowest BCUT2D eigenvalue weighted by Gasteiger charge is -2.12. The van der Waals surface area contributed by atoms with Gasteiger partial charge in [-0.05, 0) is 47.7 Å². The van der Waals surface area contributed by atoms with Crippen molar-refractivity contribution in [1.29, 1.82) is 0 Å². The van der Waals surface area contributed by atoms with Gasteiger partial charge in [0, 0.05) is 11.9 Å². The van der Waals surface area contributed by atoms with E-state index >= 15 is 0 Å². The van der Waals surface area contributed by atoms with E-state index < -0.39 is 5.97 Å². The van der Waals surface area contributed by atoms with E-state index in [-0.39, 0.29) is 5.75 Å². The van der Waals surface area contributed by atoms with E-state index in [0.717, 1.165) is 51.3 Å². The second kappa shape index (κ2) is 7.63. The Morgan fingerprint density at radius 1 is 0.966 bits per heavy atom. The Labute approximate surface area is 170 Å². The van der Waals surface area contributed by atoms with Crippen LogP contribution in [0.25, 0.3) is 21.8 Å². The van der Waals surface area contributed by atoms with E-state index in [1.54, 1.807) is 6.07 Å². The molecule has 0 atom stereocenters. The van der Waals surface area contributed by atoms with Gasteiger partial charge in [0.1, 0.15) is 5.75 Å². The molecule has 148 valence electrons. The molecule has 0 aliphatic heterocycles. The molecule has 0 unspecified atom stereocenters. The lowest BCUT2D eigenvalue weighted by atomic mass is 9.97. The fourth-order valence-corrected chi connectivity index (χ4v) is 4.29. The number of hydrogen-bond acceptors (Lipinski definition) is 3. The van der Waals surface area contributed by atoms with Crippen LogP contribution in [0.4, 0.5) is 0 Å². The molecule has 0 aliphatic rings. The van der Waals surface area contributed by atoms with Crippen LogP contribution in [0.2, 0.25) is 0 Å². The highest BCUT2D eigenvalue weighted by molar-refractivity contribution is 6.19. The minimum atomic E-state index is -0.397. The molecule has 0 aliphatic carbocycles. The Balaban J connectivity index is 2.15. The molecular weight excluding hydrogens is 362 g/mol. The Morgan fingerprint density at radius 2 is 1.72 bits per heavy atom. The highest BCUT2D eigenvalue weighted by Gasteiger charge is 2.23. The molecule has 4 aromatic rings. The number of methoxy groups -OCH3 is 1. The van der Waals surface area contributed by atoms with Crippen molar-refractivity contribution in [2.45, 2.75) is 33.2 Å². The van der Waals surface area contributed by atoms with E-state index in [2.05, 4.69) is 29.7 Å². The number of carbonyl (C=O) groups excluding carboxylic acids is 1. The minimum absolute atomic E-state index is 0.273. The van der Waals surface area contributed by atoms with Gasteiger partial charge in [-0.3, -0.25) is 0 Å². The van der Waals surface area contributed by atoms with Gasteiger partial charge < -0.3 is 14.4 Å². The third kappa shape index (κ3) is 3.05. The van der Waals surface area contributed by atoms with Crippen LogP contribution in [0, 0.1) is 0 Å². The number of aromatic nitrogens is 1. The molecule has 4 rings (SSSR count). The number of phenols is 1. The number of esters is 1. The zero-order valence-electron chi connectivity index (χ0n) is 17.0. The van der Waals surface area contributed by atoms with Crippen molar-refractivity contribution < 1.29 is 14.6 Å². The Bertz CT molecular complexity index is 1210. The molecule has 0 saturated carbocycles. The molecule has 1 heterocycles. The Kier molecular flexibility index (Phi) is 5.01. The largest absolute Gasteiger partial charge is 0.507 e. The predicted octanol–water partition coefficient (Wildman–Crippen LogP) is 5.46. The SMILES string of the molecule is CCc1cc2c(c(O)c1CC)c1c(C(=O)OC)cccc1n2Cc1ccccc1. The molecule has 4 nitrogen and oxygen atoms in total. The molecule has 1 aromatic heterocycles. The van der Waals surface area contributed by atoms with E-state index in [1.165, 1.54) is 7.11 Å². The van der Waals surface area contributed by atoms with Crippen LogP contribution in [0.15, 0.2) is 54.6 Å². The molecule has 29 heavy (non-hydrogen) atoms. The van der Waals surface area contributed by atoms with Crippen LogP contribution in [-0.2, 0) is 24.1 Å². The lowest BCUT2D eigenvalue weighted by Crippen LogP contribution is -2.02. The first kappa shape index (κ1) is 19.1. The van der Waals surface area contributed by atoms with Gasteiger partial charge in [-0.15, -0.1) is 0 Å². The normalized spacial score (nSPS) is 11.3. The van der Waals surface area contributed by atoms with Crippen molar-refractivity contribution in [3.63, 3.8) is 0 Å². The second-order valence-corrected chi connectivity index (χ2v) is 7.23. The molecule has 1 N–H and O–H groups in total. The summed E-state index contributed by atoms with van der Waals surface area (Å²) in [4.78, 5) is 12.5. The summed E-state index contributed by atoms with van der Waals surface area (Å²) in [5.41, 5.74) is 5.56. The van der Waals surface area contributed by atoms with Gasteiger partial charge in [-0.1, -0.05) is 50.2 Å². The molecule has 0 radical (unpaired) electrons. The minimum Gasteiger partial charge on any atom is -0.507 e. The monoisotopic (exact) mass is 387 g/mol. The third-order valence-corrected chi connectivity index (χ3v) is 5.67. The van der Waals surface area contributed by atoms with Gasteiger partial charge in [0.25, 0.3) is 0 Å². The van der Waals surface area contributed by atoms with Crippen molar-refractivity contribution in [2.75, 3.05) is 7.11 Å². The maximum Gasteiger partial charge on any atom is 0.338 e. The summed E-state index contributed by atoms with van der Waals surface area (Å²) in [6, 6.07) is 18.0. The second-order valence-electron chi connectivity index (χ2n) is 7.23. The van der Waals surface area contributed by atoms with Gasteiger partial charge in [0.05, 0.1) is 29.1 Å². The number of hydrogen-bond donors (Lipinski definition) is 1. The maximum absolute atomic E-state index is 12.5. The molecular formula is C25H25NO3. The first-order valence-corrected chi connectivity index (χ1v) is 10.0. The third-order valence-electron chi connectivity index (χ3n) is 5.67. The first-order valence-electron chi connectivity index (χ1n) is 10.0. The van der Waals surface area contributed by atoms with Crippen molar-refractivity contribution in [1.82, 2.24) is 4.57 Å². The molecule has 0 spiro atoms. The average molecular weight is 387 g/mol. The van der Waals surface area contributed by atoms with Gasteiger partial charge in [0.2, 0.25) is 0 Å². The fourth-order valence-electron chi connectivity index (χ4n) is 4.29. The van der Waals surface area contributed by atoms with Gasteiger partial charge in [-0.25, -0.2) is 4.79 Å². The summed E-state index contributed by atoms with van der Waals surface area (Å²) in [5, 5.41) is 12.7. The van der Waals surface area contributed by atoms with Gasteiger partial charge in [-0.2, -0.15) is 0 Å². The number of aromatic hydroxyl groups is 1. The van der Waals surface area contributed by atoms with Crippen LogP contribution >= 0.6 is 0 Å². The van der Waals surface area contributed by atoms with Crippen LogP contribution < -0.4 is 0 Å². The van der Waals surface area contributed by atoms with Crippen molar-refractivity contribution in [3.05, 3.63) is 76.9 Å². The number of ether oxygens (including phenoxy) is 1. The van der Waals surface area contributed by atoms with Gasteiger partial charge >= 0.3 is 5.97 Å². The number of nitrogens with zero attached hydrogens (tertiary/aromatic N) is 1. The molecule has 3 aromatic carbocycles. The number of phenolic OH excluding ortho intramolecular Hbond substituents is 1. The fraction of sp³-hybridized carbons (Fsp3) is 0.240. The number of rotatable bonds is 5. The number of carbonyl (C=O) groups is 1. The summed E-state index contributed by atoms with van der Waals surface area (Å²) < 4.78 is 7.22. The highest BCUT2D eigenvalue weighted by atomic mass is 16.5. The Morgan fingerprint density at radius 3 is 2.38 bits per heavy atom. The number of fused-ring (bicyclic) bond motifs is 3. The van der Waals surface area contributed by atoms with Crippen LogP contribution in [0.1, 0.15) is 40.9 Å².